The number of amides is 1. The highest BCUT2D eigenvalue weighted by Crippen LogP contribution is 2.13. The van der Waals surface area contributed by atoms with Crippen LogP contribution in [0.5, 0.6) is 0 Å². The third-order valence-corrected chi connectivity index (χ3v) is 2.42. The second-order valence-corrected chi connectivity index (χ2v) is 4.09. The Kier molecular flexibility index (Phi) is 3.00. The highest BCUT2D eigenvalue weighted by Gasteiger charge is 2.09. The Bertz CT molecular complexity index is 468. The first-order valence-corrected chi connectivity index (χ1v) is 5.31. The van der Waals surface area contributed by atoms with E-state index < -0.39 is 0 Å². The van der Waals surface area contributed by atoms with E-state index in [-0.39, 0.29) is 11.7 Å². The van der Waals surface area contributed by atoms with Crippen molar-refractivity contribution in [2.45, 2.75) is 0 Å². The molecule has 0 atom stereocenters. The SMILES string of the molecule is O=C(Nc1cccc(I)c1)c1ccno1. The van der Waals surface area contributed by atoms with E-state index >= 15 is 0 Å². The largest absolute Gasteiger partial charge is 0.351 e. The lowest BCUT2D eigenvalue weighted by Gasteiger charge is -2.02. The molecule has 1 amide bonds. The number of hydrogen-bond acceptors (Lipinski definition) is 3. The molecule has 1 aromatic carbocycles. The monoisotopic (exact) mass is 314 g/mol. The summed E-state index contributed by atoms with van der Waals surface area (Å²) in [5.41, 5.74) is 0.739. The van der Waals surface area contributed by atoms with E-state index in [0.29, 0.717) is 0 Å². The van der Waals surface area contributed by atoms with Gasteiger partial charge in [-0.15, -0.1) is 0 Å². The van der Waals surface area contributed by atoms with Crippen molar-refractivity contribution >= 4 is 34.2 Å². The van der Waals surface area contributed by atoms with Crippen LogP contribution in [0, 0.1) is 3.57 Å². The third kappa shape index (κ3) is 2.56. The van der Waals surface area contributed by atoms with Crippen LogP contribution in [0.4, 0.5) is 5.69 Å². The van der Waals surface area contributed by atoms with Gasteiger partial charge in [-0.2, -0.15) is 0 Å². The lowest BCUT2D eigenvalue weighted by molar-refractivity contribution is 0.0988. The second kappa shape index (κ2) is 4.43. The van der Waals surface area contributed by atoms with E-state index in [0.717, 1.165) is 9.26 Å². The van der Waals surface area contributed by atoms with Gasteiger partial charge in [0.25, 0.3) is 5.91 Å². The molecule has 2 rings (SSSR count). The number of rotatable bonds is 2. The van der Waals surface area contributed by atoms with Crippen molar-refractivity contribution < 1.29 is 9.32 Å². The second-order valence-electron chi connectivity index (χ2n) is 2.84. The number of aromatic nitrogens is 1. The van der Waals surface area contributed by atoms with Gasteiger partial charge in [-0.05, 0) is 40.8 Å². The molecule has 0 saturated carbocycles. The molecule has 0 spiro atoms. The van der Waals surface area contributed by atoms with Crippen molar-refractivity contribution in [3.05, 3.63) is 45.9 Å². The molecule has 0 aliphatic rings. The molecule has 0 unspecified atom stereocenters. The minimum absolute atomic E-state index is 0.203. The van der Waals surface area contributed by atoms with E-state index in [1.807, 2.05) is 24.3 Å². The van der Waals surface area contributed by atoms with Gasteiger partial charge in [-0.1, -0.05) is 11.2 Å². The van der Waals surface area contributed by atoms with Crippen LogP contribution in [-0.4, -0.2) is 11.1 Å². The van der Waals surface area contributed by atoms with Crippen LogP contribution >= 0.6 is 22.6 Å². The standard InChI is InChI=1S/C10H7IN2O2/c11-7-2-1-3-8(6-7)13-10(14)9-4-5-12-15-9/h1-6H,(H,13,14). The van der Waals surface area contributed by atoms with Crippen LogP contribution in [0.2, 0.25) is 0 Å². The molecule has 1 N–H and O–H groups in total. The van der Waals surface area contributed by atoms with Crippen LogP contribution in [0.1, 0.15) is 10.6 Å². The Morgan fingerprint density at radius 3 is 2.93 bits per heavy atom. The van der Waals surface area contributed by atoms with Gasteiger partial charge in [0.2, 0.25) is 5.76 Å². The number of nitrogens with zero attached hydrogens (tertiary/aromatic N) is 1. The Morgan fingerprint density at radius 2 is 2.27 bits per heavy atom. The van der Waals surface area contributed by atoms with Gasteiger partial charge in [0.1, 0.15) is 0 Å². The van der Waals surface area contributed by atoms with Gasteiger partial charge in [0, 0.05) is 15.3 Å². The molecule has 4 nitrogen and oxygen atoms in total. The van der Waals surface area contributed by atoms with Crippen molar-refractivity contribution in [1.82, 2.24) is 5.16 Å². The Balaban J connectivity index is 2.13. The number of halogens is 1. The molecule has 0 bridgehead atoms. The number of benzene rings is 1. The molecule has 0 aliphatic heterocycles. The minimum atomic E-state index is -0.297. The Morgan fingerprint density at radius 1 is 1.40 bits per heavy atom. The number of nitrogens with one attached hydrogen (secondary N) is 1. The predicted octanol–water partition coefficient (Wildman–Crippen LogP) is 2.53. The number of hydrogen-bond donors (Lipinski definition) is 1. The average molecular weight is 314 g/mol. The molecular weight excluding hydrogens is 307 g/mol. The minimum Gasteiger partial charge on any atom is -0.351 e. The van der Waals surface area contributed by atoms with Crippen LogP contribution < -0.4 is 5.32 Å². The number of anilines is 1. The highest BCUT2D eigenvalue weighted by atomic mass is 127. The summed E-state index contributed by atoms with van der Waals surface area (Å²) >= 11 is 2.18. The maximum absolute atomic E-state index is 11.5. The zero-order valence-electron chi connectivity index (χ0n) is 7.61. The van der Waals surface area contributed by atoms with Crippen LogP contribution in [0.25, 0.3) is 0 Å². The molecular formula is C10H7IN2O2. The summed E-state index contributed by atoms with van der Waals surface area (Å²) in [4.78, 5) is 11.5. The first-order valence-electron chi connectivity index (χ1n) is 4.23. The maximum atomic E-state index is 11.5. The molecule has 0 radical (unpaired) electrons. The molecule has 1 heterocycles. The topological polar surface area (TPSA) is 55.1 Å². The van der Waals surface area contributed by atoms with Crippen molar-refractivity contribution in [2.75, 3.05) is 5.32 Å². The smallest absolute Gasteiger partial charge is 0.294 e. The van der Waals surface area contributed by atoms with E-state index in [4.69, 9.17) is 4.52 Å². The normalized spacial score (nSPS) is 9.93. The average Bonchev–Trinajstić information content (AvgIpc) is 2.70. The Labute approximate surface area is 99.8 Å². The molecule has 1 aromatic heterocycles. The van der Waals surface area contributed by atoms with Gasteiger partial charge in [0.15, 0.2) is 0 Å². The lowest BCUT2D eigenvalue weighted by Crippen LogP contribution is -2.10. The summed E-state index contributed by atoms with van der Waals surface area (Å²) in [5.74, 6) is -0.0941. The maximum Gasteiger partial charge on any atom is 0.294 e. The summed E-state index contributed by atoms with van der Waals surface area (Å²) < 4.78 is 5.79. The Hall–Kier alpha value is -1.37. The lowest BCUT2D eigenvalue weighted by atomic mass is 10.3. The highest BCUT2D eigenvalue weighted by molar-refractivity contribution is 14.1. The van der Waals surface area contributed by atoms with Crippen molar-refractivity contribution in [2.24, 2.45) is 0 Å². The zero-order valence-corrected chi connectivity index (χ0v) is 9.76. The van der Waals surface area contributed by atoms with Crippen LogP contribution in [0.15, 0.2) is 41.1 Å². The predicted molar refractivity (Wildman–Crippen MR) is 63.6 cm³/mol. The summed E-state index contributed by atoms with van der Waals surface area (Å²) in [6.45, 7) is 0. The summed E-state index contributed by atoms with van der Waals surface area (Å²) in [6.07, 6.45) is 1.43. The summed E-state index contributed by atoms with van der Waals surface area (Å²) in [5, 5.41) is 6.17. The van der Waals surface area contributed by atoms with Gasteiger partial charge in [0.05, 0.1) is 6.20 Å². The van der Waals surface area contributed by atoms with E-state index in [1.54, 1.807) is 0 Å². The zero-order chi connectivity index (χ0) is 10.7. The van der Waals surface area contributed by atoms with Gasteiger partial charge >= 0.3 is 0 Å². The van der Waals surface area contributed by atoms with E-state index in [9.17, 15) is 4.79 Å². The van der Waals surface area contributed by atoms with E-state index in [1.165, 1.54) is 12.3 Å². The number of carbonyl (C=O) groups is 1. The van der Waals surface area contributed by atoms with Crippen molar-refractivity contribution in [1.29, 1.82) is 0 Å². The van der Waals surface area contributed by atoms with Crippen LogP contribution in [0.3, 0.4) is 0 Å². The summed E-state index contributed by atoms with van der Waals surface area (Å²) in [7, 11) is 0. The fourth-order valence-corrected chi connectivity index (χ4v) is 1.63. The number of carbonyl (C=O) groups excluding carboxylic acids is 1. The molecule has 0 saturated heterocycles. The fraction of sp³-hybridized carbons (Fsp3) is 0. The van der Waals surface area contributed by atoms with Gasteiger partial charge in [-0.3, -0.25) is 4.79 Å². The van der Waals surface area contributed by atoms with Crippen LogP contribution in [-0.2, 0) is 0 Å². The first-order chi connectivity index (χ1) is 7.25. The molecule has 15 heavy (non-hydrogen) atoms. The molecule has 76 valence electrons. The fourth-order valence-electron chi connectivity index (χ4n) is 1.09. The van der Waals surface area contributed by atoms with Gasteiger partial charge < -0.3 is 9.84 Å². The first kappa shape index (κ1) is 10.2. The molecule has 2 aromatic rings. The third-order valence-electron chi connectivity index (χ3n) is 1.74. The van der Waals surface area contributed by atoms with Crippen molar-refractivity contribution in [3.63, 3.8) is 0 Å². The molecule has 0 aliphatic carbocycles. The van der Waals surface area contributed by atoms with Gasteiger partial charge in [-0.25, -0.2) is 0 Å². The van der Waals surface area contributed by atoms with Crippen molar-refractivity contribution in [3.8, 4) is 0 Å². The quantitative estimate of drug-likeness (QED) is 0.867. The molecule has 5 heteroatoms. The molecule has 0 fully saturated rings. The van der Waals surface area contributed by atoms with E-state index in [2.05, 4.69) is 33.1 Å². The summed E-state index contributed by atoms with van der Waals surface area (Å²) in [6, 6.07) is 9.02.